The van der Waals surface area contributed by atoms with Gasteiger partial charge in [-0.2, -0.15) is 11.8 Å². The normalized spacial score (nSPS) is 24.3. The molecule has 0 heterocycles. The fourth-order valence-corrected chi connectivity index (χ4v) is 6.13. The summed E-state index contributed by atoms with van der Waals surface area (Å²) in [6.07, 6.45) is 12.8. The van der Waals surface area contributed by atoms with E-state index in [1.807, 2.05) is 30.3 Å². The zero-order valence-corrected chi connectivity index (χ0v) is 16.4. The molecule has 0 amide bonds. The maximum absolute atomic E-state index is 5.92. The van der Waals surface area contributed by atoms with Crippen molar-refractivity contribution in [3.8, 4) is 11.5 Å². The Hall–Kier alpha value is -1.41. The summed E-state index contributed by atoms with van der Waals surface area (Å²) < 4.78 is 5.92. The van der Waals surface area contributed by atoms with Crippen LogP contribution in [-0.4, -0.2) is 10.5 Å². The van der Waals surface area contributed by atoms with Crippen molar-refractivity contribution in [2.75, 3.05) is 0 Å². The Kier molecular flexibility index (Phi) is 6.22. The molecular formula is C24H30OS. The van der Waals surface area contributed by atoms with E-state index < -0.39 is 0 Å². The molecule has 2 aromatic carbocycles. The fraction of sp³-hybridized carbons (Fsp3) is 0.500. The minimum Gasteiger partial charge on any atom is -0.457 e. The molecule has 2 saturated carbocycles. The molecule has 0 bridgehead atoms. The monoisotopic (exact) mass is 366 g/mol. The third-order valence-corrected chi connectivity index (χ3v) is 7.65. The van der Waals surface area contributed by atoms with Crippen LogP contribution in [0.25, 0.3) is 0 Å². The van der Waals surface area contributed by atoms with E-state index in [9.17, 15) is 0 Å². The summed E-state index contributed by atoms with van der Waals surface area (Å²) in [6, 6.07) is 18.8. The number of ether oxygens (including phenoxy) is 1. The summed E-state index contributed by atoms with van der Waals surface area (Å²) in [5.74, 6) is 2.57. The Morgan fingerprint density at radius 1 is 0.615 bits per heavy atom. The average molecular weight is 367 g/mol. The van der Waals surface area contributed by atoms with Gasteiger partial charge in [0.05, 0.1) is 0 Å². The number of para-hydroxylation sites is 1. The van der Waals surface area contributed by atoms with Gasteiger partial charge in [-0.15, -0.1) is 0 Å². The zero-order chi connectivity index (χ0) is 17.6. The van der Waals surface area contributed by atoms with E-state index in [0.29, 0.717) is 0 Å². The van der Waals surface area contributed by atoms with Crippen LogP contribution in [0.1, 0.15) is 69.3 Å². The summed E-state index contributed by atoms with van der Waals surface area (Å²) in [4.78, 5) is 0. The molecule has 0 atom stereocenters. The summed E-state index contributed by atoms with van der Waals surface area (Å²) in [6.45, 7) is 0. The Bertz CT molecular complexity index is 652. The van der Waals surface area contributed by atoms with Gasteiger partial charge < -0.3 is 4.74 Å². The van der Waals surface area contributed by atoms with Crippen molar-refractivity contribution in [3.05, 3.63) is 60.2 Å². The van der Waals surface area contributed by atoms with Gasteiger partial charge in [0.15, 0.2) is 0 Å². The second-order valence-corrected chi connectivity index (χ2v) is 9.46. The highest BCUT2D eigenvalue weighted by Crippen LogP contribution is 2.41. The van der Waals surface area contributed by atoms with Gasteiger partial charge in [-0.25, -0.2) is 0 Å². The molecular weight excluding hydrogens is 336 g/mol. The standard InChI is InChI=1S/C24H30OS/c1-3-7-21(8-4-1)25-22-15-11-19(12-16-22)20-13-17-24(18-14-20)26-23-9-5-2-6-10-23/h1,3-4,7-8,11-12,15-16,20,23-24H,2,5-6,9-10,13-14,17-18H2. The zero-order valence-electron chi connectivity index (χ0n) is 15.6. The molecule has 138 valence electrons. The van der Waals surface area contributed by atoms with Crippen molar-refractivity contribution >= 4 is 11.8 Å². The van der Waals surface area contributed by atoms with E-state index in [-0.39, 0.29) is 0 Å². The topological polar surface area (TPSA) is 9.23 Å². The number of hydrogen-bond donors (Lipinski definition) is 0. The first-order chi connectivity index (χ1) is 12.9. The molecule has 0 radical (unpaired) electrons. The van der Waals surface area contributed by atoms with E-state index in [1.165, 1.54) is 63.4 Å². The van der Waals surface area contributed by atoms with Crippen molar-refractivity contribution in [1.82, 2.24) is 0 Å². The van der Waals surface area contributed by atoms with E-state index in [4.69, 9.17) is 4.74 Å². The molecule has 0 N–H and O–H groups in total. The largest absolute Gasteiger partial charge is 0.457 e. The highest BCUT2D eigenvalue weighted by Gasteiger charge is 2.25. The summed E-state index contributed by atoms with van der Waals surface area (Å²) in [5.41, 5.74) is 1.49. The molecule has 2 heteroatoms. The minimum atomic E-state index is 0.740. The molecule has 0 aromatic heterocycles. The van der Waals surface area contributed by atoms with Gasteiger partial charge in [0.2, 0.25) is 0 Å². The van der Waals surface area contributed by atoms with Crippen molar-refractivity contribution < 1.29 is 4.74 Å². The van der Waals surface area contributed by atoms with Crippen molar-refractivity contribution in [1.29, 1.82) is 0 Å². The molecule has 2 fully saturated rings. The molecule has 0 aliphatic heterocycles. The Labute approximate surface area is 162 Å². The lowest BCUT2D eigenvalue weighted by Crippen LogP contribution is -2.19. The first-order valence-electron chi connectivity index (χ1n) is 10.3. The van der Waals surface area contributed by atoms with Crippen molar-refractivity contribution in [2.24, 2.45) is 0 Å². The lowest BCUT2D eigenvalue weighted by atomic mass is 9.84. The van der Waals surface area contributed by atoms with Gasteiger partial charge in [-0.3, -0.25) is 0 Å². The van der Waals surface area contributed by atoms with Crippen LogP contribution >= 0.6 is 11.8 Å². The minimum absolute atomic E-state index is 0.740. The second kappa shape index (κ2) is 8.99. The second-order valence-electron chi connectivity index (χ2n) is 7.85. The maximum Gasteiger partial charge on any atom is 0.127 e. The van der Waals surface area contributed by atoms with Crippen LogP contribution in [0.2, 0.25) is 0 Å². The van der Waals surface area contributed by atoms with Crippen molar-refractivity contribution in [2.45, 2.75) is 74.2 Å². The highest BCUT2D eigenvalue weighted by molar-refractivity contribution is 8.00. The van der Waals surface area contributed by atoms with Gasteiger partial charge >= 0.3 is 0 Å². The van der Waals surface area contributed by atoms with Crippen LogP contribution in [0.3, 0.4) is 0 Å². The summed E-state index contributed by atoms with van der Waals surface area (Å²) in [7, 11) is 0. The first kappa shape index (κ1) is 18.0. The van der Waals surface area contributed by atoms with Crippen molar-refractivity contribution in [3.63, 3.8) is 0 Å². The lowest BCUT2D eigenvalue weighted by Gasteiger charge is -2.32. The fourth-order valence-electron chi connectivity index (χ4n) is 4.44. The Morgan fingerprint density at radius 3 is 1.92 bits per heavy atom. The molecule has 2 aliphatic rings. The van der Waals surface area contributed by atoms with Gasteiger partial charge in [0.1, 0.15) is 11.5 Å². The quantitative estimate of drug-likeness (QED) is 0.539. The molecule has 26 heavy (non-hydrogen) atoms. The number of rotatable bonds is 5. The number of hydrogen-bond acceptors (Lipinski definition) is 2. The summed E-state index contributed by atoms with van der Waals surface area (Å²) in [5, 5.41) is 1.87. The molecule has 0 spiro atoms. The van der Waals surface area contributed by atoms with Crippen LogP contribution in [-0.2, 0) is 0 Å². The highest BCUT2D eigenvalue weighted by atomic mass is 32.2. The maximum atomic E-state index is 5.92. The molecule has 4 rings (SSSR count). The van der Waals surface area contributed by atoms with Crippen LogP contribution in [0.15, 0.2) is 54.6 Å². The Morgan fingerprint density at radius 2 is 1.23 bits per heavy atom. The number of benzene rings is 2. The molecule has 2 aromatic rings. The third kappa shape index (κ3) is 4.85. The molecule has 2 aliphatic carbocycles. The van der Waals surface area contributed by atoms with Gasteiger partial charge in [0.25, 0.3) is 0 Å². The molecule has 0 unspecified atom stereocenters. The van der Waals surface area contributed by atoms with E-state index >= 15 is 0 Å². The van der Waals surface area contributed by atoms with Gasteiger partial charge in [-0.1, -0.05) is 49.6 Å². The van der Waals surface area contributed by atoms with Gasteiger partial charge in [0, 0.05) is 10.5 Å². The summed E-state index contributed by atoms with van der Waals surface area (Å²) >= 11 is 2.32. The van der Waals surface area contributed by atoms with E-state index in [0.717, 1.165) is 27.9 Å². The van der Waals surface area contributed by atoms with E-state index in [2.05, 4.69) is 36.0 Å². The Balaban J connectivity index is 1.27. The smallest absolute Gasteiger partial charge is 0.127 e. The predicted molar refractivity (Wildman–Crippen MR) is 112 cm³/mol. The average Bonchev–Trinajstić information content (AvgIpc) is 2.71. The van der Waals surface area contributed by atoms with Gasteiger partial charge in [-0.05, 0) is 74.3 Å². The first-order valence-corrected chi connectivity index (χ1v) is 11.3. The van der Waals surface area contributed by atoms with Crippen LogP contribution in [0, 0.1) is 0 Å². The third-order valence-electron chi connectivity index (χ3n) is 5.94. The molecule has 1 nitrogen and oxygen atoms in total. The van der Waals surface area contributed by atoms with Crippen LogP contribution in [0.5, 0.6) is 11.5 Å². The van der Waals surface area contributed by atoms with Crippen LogP contribution < -0.4 is 4.74 Å². The lowest BCUT2D eigenvalue weighted by molar-refractivity contribution is 0.447. The SMILES string of the molecule is c1ccc(Oc2ccc(C3CCC(SC4CCCCC4)CC3)cc2)cc1. The predicted octanol–water partition coefficient (Wildman–Crippen LogP) is 7.57. The molecule has 0 saturated heterocycles. The van der Waals surface area contributed by atoms with E-state index in [1.54, 1.807) is 0 Å². The van der Waals surface area contributed by atoms with Crippen LogP contribution in [0.4, 0.5) is 0 Å². The number of thioether (sulfide) groups is 1.